The number of aromatic nitrogens is 1. The third-order valence-electron chi connectivity index (χ3n) is 1.46. The summed E-state index contributed by atoms with van der Waals surface area (Å²) in [5.41, 5.74) is -1.20. The summed E-state index contributed by atoms with van der Waals surface area (Å²) in [5.74, 6) is -2.35. The molecule has 1 heterocycles. The van der Waals surface area contributed by atoms with Crippen LogP contribution in [-0.2, 0) is 5.88 Å². The molecule has 0 aliphatic carbocycles. The van der Waals surface area contributed by atoms with Crippen molar-refractivity contribution in [2.75, 3.05) is 0 Å². The van der Waals surface area contributed by atoms with Gasteiger partial charge in [-0.05, 0) is 0 Å². The van der Waals surface area contributed by atoms with Gasteiger partial charge < -0.3 is 5.11 Å². The SMILES string of the molecule is Oc1c(CCl)ncc(F)c1C(F)F. The van der Waals surface area contributed by atoms with Crippen LogP contribution in [-0.4, -0.2) is 10.1 Å². The van der Waals surface area contributed by atoms with E-state index in [9.17, 15) is 13.2 Å². The summed E-state index contributed by atoms with van der Waals surface area (Å²) in [7, 11) is 0. The summed E-state index contributed by atoms with van der Waals surface area (Å²) in [6.07, 6.45) is -2.47. The fraction of sp³-hybridized carbons (Fsp3) is 0.286. The van der Waals surface area contributed by atoms with Crippen LogP contribution in [0.2, 0.25) is 0 Å². The fourth-order valence-corrected chi connectivity index (χ4v) is 1.03. The van der Waals surface area contributed by atoms with E-state index in [0.29, 0.717) is 6.20 Å². The minimum absolute atomic E-state index is 0.154. The van der Waals surface area contributed by atoms with Crippen LogP contribution in [0.4, 0.5) is 13.2 Å². The minimum Gasteiger partial charge on any atom is -0.505 e. The molecule has 1 aromatic rings. The lowest BCUT2D eigenvalue weighted by molar-refractivity contribution is 0.141. The Morgan fingerprint density at radius 1 is 1.54 bits per heavy atom. The monoisotopic (exact) mass is 211 g/mol. The van der Waals surface area contributed by atoms with Gasteiger partial charge in [-0.15, -0.1) is 11.6 Å². The second kappa shape index (κ2) is 3.83. The number of aromatic hydroxyl groups is 1. The molecule has 0 unspecified atom stereocenters. The van der Waals surface area contributed by atoms with Crippen molar-refractivity contribution in [3.8, 4) is 5.75 Å². The van der Waals surface area contributed by atoms with E-state index in [2.05, 4.69) is 4.98 Å². The largest absolute Gasteiger partial charge is 0.505 e. The smallest absolute Gasteiger partial charge is 0.270 e. The second-order valence-corrected chi connectivity index (χ2v) is 2.52. The minimum atomic E-state index is -3.08. The van der Waals surface area contributed by atoms with E-state index in [-0.39, 0.29) is 11.6 Å². The first-order valence-corrected chi connectivity index (χ1v) is 3.81. The molecule has 0 spiro atoms. The molecule has 0 bridgehead atoms. The number of nitrogens with zero attached hydrogens (tertiary/aromatic N) is 1. The Bertz CT molecular complexity index is 319. The summed E-state index contributed by atoms with van der Waals surface area (Å²) >= 11 is 5.27. The van der Waals surface area contributed by atoms with Crippen LogP contribution in [0.1, 0.15) is 17.7 Å². The van der Waals surface area contributed by atoms with Crippen molar-refractivity contribution in [1.29, 1.82) is 0 Å². The summed E-state index contributed by atoms with van der Waals surface area (Å²) in [6, 6.07) is 0. The summed E-state index contributed by atoms with van der Waals surface area (Å²) in [5, 5.41) is 9.07. The highest BCUT2D eigenvalue weighted by Crippen LogP contribution is 2.32. The van der Waals surface area contributed by atoms with Gasteiger partial charge in [0, 0.05) is 0 Å². The maximum Gasteiger partial charge on any atom is 0.270 e. The van der Waals surface area contributed by atoms with E-state index >= 15 is 0 Å². The van der Waals surface area contributed by atoms with Crippen LogP contribution in [0, 0.1) is 5.82 Å². The maximum atomic E-state index is 12.7. The molecule has 0 fully saturated rings. The third kappa shape index (κ3) is 1.85. The maximum absolute atomic E-state index is 12.7. The molecule has 0 aliphatic heterocycles. The zero-order valence-electron chi connectivity index (χ0n) is 6.27. The first kappa shape index (κ1) is 10.1. The van der Waals surface area contributed by atoms with Gasteiger partial charge in [-0.3, -0.25) is 4.98 Å². The van der Waals surface area contributed by atoms with Gasteiger partial charge in [0.25, 0.3) is 6.43 Å². The van der Waals surface area contributed by atoms with Crippen molar-refractivity contribution >= 4 is 11.6 Å². The Hall–Kier alpha value is -0.970. The molecule has 1 N–H and O–H groups in total. The van der Waals surface area contributed by atoms with E-state index in [1.165, 1.54) is 0 Å². The van der Waals surface area contributed by atoms with Crippen molar-refractivity contribution in [2.24, 2.45) is 0 Å². The zero-order valence-corrected chi connectivity index (χ0v) is 7.02. The fourth-order valence-electron chi connectivity index (χ4n) is 0.839. The Morgan fingerprint density at radius 3 is 2.62 bits per heavy atom. The van der Waals surface area contributed by atoms with Crippen LogP contribution in [0.5, 0.6) is 5.75 Å². The Labute approximate surface area is 77.0 Å². The first-order valence-electron chi connectivity index (χ1n) is 3.28. The highest BCUT2D eigenvalue weighted by molar-refractivity contribution is 6.17. The molecule has 1 aromatic heterocycles. The van der Waals surface area contributed by atoms with Gasteiger partial charge in [0.15, 0.2) is 5.82 Å². The molecule has 2 nitrogen and oxygen atoms in total. The van der Waals surface area contributed by atoms with Gasteiger partial charge >= 0.3 is 0 Å². The number of alkyl halides is 3. The molecule has 0 saturated carbocycles. The van der Waals surface area contributed by atoms with Crippen molar-refractivity contribution < 1.29 is 18.3 Å². The molecule has 0 amide bonds. The van der Waals surface area contributed by atoms with Crippen molar-refractivity contribution in [2.45, 2.75) is 12.3 Å². The average Bonchev–Trinajstić information content (AvgIpc) is 2.04. The molecular weight excluding hydrogens is 207 g/mol. The van der Waals surface area contributed by atoms with Gasteiger partial charge in [-0.1, -0.05) is 0 Å². The number of rotatable bonds is 2. The second-order valence-electron chi connectivity index (χ2n) is 2.25. The van der Waals surface area contributed by atoms with E-state index < -0.39 is 23.6 Å². The highest BCUT2D eigenvalue weighted by atomic mass is 35.5. The molecular formula is C7H5ClF3NO. The van der Waals surface area contributed by atoms with E-state index in [1.807, 2.05) is 0 Å². The molecule has 13 heavy (non-hydrogen) atoms. The molecule has 0 radical (unpaired) electrons. The molecule has 72 valence electrons. The molecule has 0 saturated heterocycles. The Balaban J connectivity index is 3.30. The van der Waals surface area contributed by atoms with Crippen LogP contribution >= 0.6 is 11.6 Å². The molecule has 0 aromatic carbocycles. The predicted molar refractivity (Wildman–Crippen MR) is 40.4 cm³/mol. The van der Waals surface area contributed by atoms with Gasteiger partial charge in [0.1, 0.15) is 5.75 Å². The Kier molecular flexibility index (Phi) is 2.98. The van der Waals surface area contributed by atoms with Gasteiger partial charge in [0.2, 0.25) is 0 Å². The summed E-state index contributed by atoms with van der Waals surface area (Å²) < 4.78 is 36.9. The number of pyridine rings is 1. The quantitative estimate of drug-likeness (QED) is 0.763. The lowest BCUT2D eigenvalue weighted by Crippen LogP contribution is -1.97. The number of halogens is 4. The lowest BCUT2D eigenvalue weighted by atomic mass is 10.2. The van der Waals surface area contributed by atoms with Crippen LogP contribution < -0.4 is 0 Å². The van der Waals surface area contributed by atoms with Gasteiger partial charge in [0.05, 0.1) is 23.3 Å². The first-order chi connectivity index (χ1) is 6.07. The van der Waals surface area contributed by atoms with E-state index in [4.69, 9.17) is 16.7 Å². The average molecular weight is 212 g/mol. The zero-order chi connectivity index (χ0) is 10.0. The van der Waals surface area contributed by atoms with Gasteiger partial charge in [-0.25, -0.2) is 13.2 Å². The van der Waals surface area contributed by atoms with E-state index in [1.54, 1.807) is 0 Å². The Morgan fingerprint density at radius 2 is 2.15 bits per heavy atom. The van der Waals surface area contributed by atoms with Crippen molar-refractivity contribution in [3.05, 3.63) is 23.3 Å². The van der Waals surface area contributed by atoms with Crippen LogP contribution in [0.25, 0.3) is 0 Å². The third-order valence-corrected chi connectivity index (χ3v) is 1.72. The van der Waals surface area contributed by atoms with Crippen LogP contribution in [0.15, 0.2) is 6.20 Å². The number of hydrogen-bond donors (Lipinski definition) is 1. The summed E-state index contributed by atoms with van der Waals surface area (Å²) in [6.45, 7) is 0. The molecule has 0 aliphatic rings. The molecule has 6 heteroatoms. The number of hydrogen-bond acceptors (Lipinski definition) is 2. The standard InChI is InChI=1S/C7H5ClF3NO/c8-1-4-6(13)5(7(10)11)3(9)2-12-4/h2,7,13H,1H2. The van der Waals surface area contributed by atoms with Crippen LogP contribution in [0.3, 0.4) is 0 Å². The topological polar surface area (TPSA) is 33.1 Å². The molecule has 1 rings (SSSR count). The summed E-state index contributed by atoms with van der Waals surface area (Å²) in [4.78, 5) is 3.35. The van der Waals surface area contributed by atoms with Crippen molar-refractivity contribution in [3.63, 3.8) is 0 Å². The predicted octanol–water partition coefficient (Wildman–Crippen LogP) is 2.60. The molecule has 0 atom stereocenters. The lowest BCUT2D eigenvalue weighted by Gasteiger charge is -2.06. The van der Waals surface area contributed by atoms with Gasteiger partial charge in [-0.2, -0.15) is 0 Å². The van der Waals surface area contributed by atoms with E-state index in [0.717, 1.165) is 0 Å². The highest BCUT2D eigenvalue weighted by Gasteiger charge is 2.21. The normalized spacial score (nSPS) is 10.8. The van der Waals surface area contributed by atoms with Crippen molar-refractivity contribution in [1.82, 2.24) is 4.98 Å².